The second kappa shape index (κ2) is 4.35. The highest BCUT2D eigenvalue weighted by Crippen LogP contribution is 2.10. The van der Waals surface area contributed by atoms with Crippen LogP contribution < -0.4 is 10.9 Å². The van der Waals surface area contributed by atoms with Gasteiger partial charge in [-0.2, -0.15) is 0 Å². The van der Waals surface area contributed by atoms with Crippen molar-refractivity contribution in [2.75, 3.05) is 11.9 Å². The van der Waals surface area contributed by atoms with Crippen LogP contribution in [-0.4, -0.2) is 16.1 Å². The number of para-hydroxylation sites is 1. The SMILES string of the molecule is CCNc1nc2ccccc2c(=O)n1CC. The van der Waals surface area contributed by atoms with Crippen LogP contribution >= 0.6 is 0 Å². The Morgan fingerprint density at radius 1 is 1.31 bits per heavy atom. The first kappa shape index (κ1) is 10.7. The summed E-state index contributed by atoms with van der Waals surface area (Å²) in [4.78, 5) is 16.6. The Bertz CT molecular complexity index is 560. The number of nitrogens with zero attached hydrogens (tertiary/aromatic N) is 2. The van der Waals surface area contributed by atoms with Gasteiger partial charge in [-0.05, 0) is 26.0 Å². The van der Waals surface area contributed by atoms with E-state index in [1.807, 2.05) is 38.1 Å². The Morgan fingerprint density at radius 2 is 2.06 bits per heavy atom. The molecule has 0 saturated heterocycles. The van der Waals surface area contributed by atoms with Gasteiger partial charge in [0.2, 0.25) is 5.95 Å². The summed E-state index contributed by atoms with van der Waals surface area (Å²) in [6.07, 6.45) is 0. The summed E-state index contributed by atoms with van der Waals surface area (Å²) in [7, 11) is 0. The van der Waals surface area contributed by atoms with E-state index in [2.05, 4.69) is 10.3 Å². The predicted octanol–water partition coefficient (Wildman–Crippen LogP) is 1.85. The molecule has 0 bridgehead atoms. The molecule has 4 nitrogen and oxygen atoms in total. The topological polar surface area (TPSA) is 46.9 Å². The van der Waals surface area contributed by atoms with E-state index in [0.717, 1.165) is 12.1 Å². The zero-order valence-electron chi connectivity index (χ0n) is 9.53. The molecule has 16 heavy (non-hydrogen) atoms. The molecule has 1 N–H and O–H groups in total. The average Bonchev–Trinajstić information content (AvgIpc) is 2.30. The molecule has 0 aliphatic carbocycles. The highest BCUT2D eigenvalue weighted by atomic mass is 16.1. The first-order chi connectivity index (χ1) is 7.77. The van der Waals surface area contributed by atoms with E-state index < -0.39 is 0 Å². The molecule has 0 amide bonds. The number of fused-ring (bicyclic) bond motifs is 1. The van der Waals surface area contributed by atoms with Crippen LogP contribution in [0.1, 0.15) is 13.8 Å². The van der Waals surface area contributed by atoms with Crippen LogP contribution in [0.3, 0.4) is 0 Å². The van der Waals surface area contributed by atoms with Crippen LogP contribution in [0.5, 0.6) is 0 Å². The first-order valence-corrected chi connectivity index (χ1v) is 5.51. The number of benzene rings is 1. The summed E-state index contributed by atoms with van der Waals surface area (Å²) in [6.45, 7) is 5.31. The average molecular weight is 217 g/mol. The molecular weight excluding hydrogens is 202 g/mol. The molecule has 2 aromatic rings. The summed E-state index contributed by atoms with van der Waals surface area (Å²) in [5.41, 5.74) is 0.761. The lowest BCUT2D eigenvalue weighted by atomic mass is 10.2. The van der Waals surface area contributed by atoms with E-state index in [1.54, 1.807) is 4.57 Å². The number of hydrogen-bond donors (Lipinski definition) is 1. The molecule has 0 unspecified atom stereocenters. The van der Waals surface area contributed by atoms with Gasteiger partial charge in [-0.1, -0.05) is 12.1 Å². The lowest BCUT2D eigenvalue weighted by Gasteiger charge is -2.11. The van der Waals surface area contributed by atoms with Crippen molar-refractivity contribution in [1.82, 2.24) is 9.55 Å². The molecule has 0 saturated carbocycles. The Hall–Kier alpha value is -1.84. The maximum absolute atomic E-state index is 12.1. The van der Waals surface area contributed by atoms with Crippen molar-refractivity contribution in [3.05, 3.63) is 34.6 Å². The summed E-state index contributed by atoms with van der Waals surface area (Å²) >= 11 is 0. The maximum atomic E-state index is 12.1. The summed E-state index contributed by atoms with van der Waals surface area (Å²) < 4.78 is 1.66. The Labute approximate surface area is 93.9 Å². The van der Waals surface area contributed by atoms with Gasteiger partial charge in [0, 0.05) is 13.1 Å². The van der Waals surface area contributed by atoms with Crippen molar-refractivity contribution < 1.29 is 0 Å². The summed E-state index contributed by atoms with van der Waals surface area (Å²) in [5, 5.41) is 3.78. The monoisotopic (exact) mass is 217 g/mol. The molecule has 4 heteroatoms. The third-order valence-electron chi connectivity index (χ3n) is 2.51. The minimum Gasteiger partial charge on any atom is -0.356 e. The number of nitrogens with one attached hydrogen (secondary N) is 1. The molecule has 0 fully saturated rings. The number of rotatable bonds is 3. The molecule has 0 spiro atoms. The van der Waals surface area contributed by atoms with Gasteiger partial charge in [0.05, 0.1) is 10.9 Å². The van der Waals surface area contributed by atoms with Crippen molar-refractivity contribution >= 4 is 16.9 Å². The number of aromatic nitrogens is 2. The van der Waals surface area contributed by atoms with E-state index in [1.165, 1.54) is 0 Å². The van der Waals surface area contributed by atoms with E-state index in [4.69, 9.17) is 0 Å². The minimum atomic E-state index is 0.0176. The van der Waals surface area contributed by atoms with Gasteiger partial charge in [0.15, 0.2) is 0 Å². The molecule has 1 aromatic carbocycles. The van der Waals surface area contributed by atoms with Crippen LogP contribution in [0.4, 0.5) is 5.95 Å². The normalized spacial score (nSPS) is 10.6. The number of anilines is 1. The third kappa shape index (κ3) is 1.66. The highest BCUT2D eigenvalue weighted by molar-refractivity contribution is 5.78. The van der Waals surface area contributed by atoms with Crippen LogP contribution in [-0.2, 0) is 6.54 Å². The summed E-state index contributed by atoms with van der Waals surface area (Å²) in [6, 6.07) is 7.42. The van der Waals surface area contributed by atoms with Crippen molar-refractivity contribution in [3.63, 3.8) is 0 Å². The van der Waals surface area contributed by atoms with Gasteiger partial charge in [-0.3, -0.25) is 9.36 Å². The van der Waals surface area contributed by atoms with Gasteiger partial charge in [0.25, 0.3) is 5.56 Å². The lowest BCUT2D eigenvalue weighted by Crippen LogP contribution is -2.24. The van der Waals surface area contributed by atoms with Crippen molar-refractivity contribution in [2.45, 2.75) is 20.4 Å². The van der Waals surface area contributed by atoms with Crippen LogP contribution in [0, 0.1) is 0 Å². The molecule has 1 heterocycles. The second-order valence-corrected chi connectivity index (χ2v) is 3.53. The first-order valence-electron chi connectivity index (χ1n) is 5.51. The van der Waals surface area contributed by atoms with E-state index in [-0.39, 0.29) is 5.56 Å². The smallest absolute Gasteiger partial charge is 0.262 e. The van der Waals surface area contributed by atoms with E-state index in [9.17, 15) is 4.79 Å². The molecule has 1 aromatic heterocycles. The van der Waals surface area contributed by atoms with Crippen molar-refractivity contribution in [2.24, 2.45) is 0 Å². The molecule has 84 valence electrons. The van der Waals surface area contributed by atoms with Gasteiger partial charge in [0.1, 0.15) is 0 Å². The minimum absolute atomic E-state index is 0.0176. The summed E-state index contributed by atoms with van der Waals surface area (Å²) in [5.74, 6) is 0.647. The van der Waals surface area contributed by atoms with E-state index in [0.29, 0.717) is 17.9 Å². The standard InChI is InChI=1S/C12H15N3O/c1-3-13-12-14-10-8-6-5-7-9(10)11(16)15(12)4-2/h5-8H,3-4H2,1-2H3,(H,13,14). The molecule has 0 aliphatic heterocycles. The van der Waals surface area contributed by atoms with Crippen LogP contribution in [0.15, 0.2) is 29.1 Å². The molecule has 0 atom stereocenters. The van der Waals surface area contributed by atoms with Gasteiger partial charge < -0.3 is 5.32 Å². The third-order valence-corrected chi connectivity index (χ3v) is 2.51. The molecular formula is C12H15N3O. The lowest BCUT2D eigenvalue weighted by molar-refractivity contribution is 0.723. The van der Waals surface area contributed by atoms with Gasteiger partial charge in [-0.15, -0.1) is 0 Å². The quantitative estimate of drug-likeness (QED) is 0.853. The molecule has 0 radical (unpaired) electrons. The fourth-order valence-electron chi connectivity index (χ4n) is 1.75. The fourth-order valence-corrected chi connectivity index (χ4v) is 1.75. The van der Waals surface area contributed by atoms with Gasteiger partial charge in [-0.25, -0.2) is 4.98 Å². The molecule has 2 rings (SSSR count). The Kier molecular flexibility index (Phi) is 2.90. The Morgan fingerprint density at radius 3 is 2.75 bits per heavy atom. The van der Waals surface area contributed by atoms with Crippen molar-refractivity contribution in [3.8, 4) is 0 Å². The fraction of sp³-hybridized carbons (Fsp3) is 0.333. The Balaban J connectivity index is 2.76. The molecule has 0 aliphatic rings. The van der Waals surface area contributed by atoms with Gasteiger partial charge >= 0.3 is 0 Å². The zero-order chi connectivity index (χ0) is 11.5. The van der Waals surface area contributed by atoms with Crippen LogP contribution in [0.25, 0.3) is 10.9 Å². The second-order valence-electron chi connectivity index (χ2n) is 3.53. The van der Waals surface area contributed by atoms with Crippen LogP contribution in [0.2, 0.25) is 0 Å². The zero-order valence-corrected chi connectivity index (χ0v) is 9.53. The van der Waals surface area contributed by atoms with Crippen molar-refractivity contribution in [1.29, 1.82) is 0 Å². The highest BCUT2D eigenvalue weighted by Gasteiger charge is 2.07. The maximum Gasteiger partial charge on any atom is 0.262 e. The van der Waals surface area contributed by atoms with E-state index >= 15 is 0 Å². The largest absolute Gasteiger partial charge is 0.356 e. The predicted molar refractivity (Wildman–Crippen MR) is 65.8 cm³/mol. The number of hydrogen-bond acceptors (Lipinski definition) is 3.